The van der Waals surface area contributed by atoms with Crippen LogP contribution in [0.1, 0.15) is 16.8 Å². The molecule has 0 aliphatic carbocycles. The number of aliphatic imine (C=N–C) groups is 1. The molecule has 0 fully saturated rings. The summed E-state index contributed by atoms with van der Waals surface area (Å²) < 4.78 is 10.3. The Hall–Kier alpha value is -3.52. The summed E-state index contributed by atoms with van der Waals surface area (Å²) in [5, 5.41) is 7.55. The van der Waals surface area contributed by atoms with E-state index in [1.54, 1.807) is 12.4 Å². The van der Waals surface area contributed by atoms with Crippen LogP contribution in [0.4, 0.5) is 11.5 Å². The molecule has 0 unspecified atom stereocenters. The normalized spacial score (nSPS) is 13.4. The Morgan fingerprint density at radius 3 is 2.70 bits per heavy atom. The number of nitrogens with two attached hydrogens (primary N) is 2. The van der Waals surface area contributed by atoms with Crippen LogP contribution in [0.25, 0.3) is 5.57 Å². The Labute approximate surface area is 155 Å². The first-order valence-electron chi connectivity index (χ1n) is 8.48. The van der Waals surface area contributed by atoms with Crippen LogP contribution in [-0.2, 0) is 6.42 Å². The number of ether oxygens (including phenoxy) is 1. The highest BCUT2D eigenvalue weighted by molar-refractivity contribution is 6.15. The van der Waals surface area contributed by atoms with Crippen molar-refractivity contribution in [2.24, 2.45) is 10.7 Å². The first kappa shape index (κ1) is 16.9. The summed E-state index contributed by atoms with van der Waals surface area (Å²) in [7, 11) is 0. The number of aromatic nitrogens is 3. The minimum absolute atomic E-state index is 0.197. The average molecular weight is 362 g/mol. The van der Waals surface area contributed by atoms with E-state index in [1.165, 1.54) is 0 Å². The Bertz CT molecular complexity index is 1010. The van der Waals surface area contributed by atoms with Crippen LogP contribution in [0, 0.1) is 0 Å². The molecule has 1 aliphatic heterocycles. The lowest BCUT2D eigenvalue weighted by atomic mass is 9.97. The van der Waals surface area contributed by atoms with Gasteiger partial charge in [-0.05, 0) is 51.3 Å². The highest BCUT2D eigenvalue weighted by Crippen LogP contribution is 2.31. The van der Waals surface area contributed by atoms with Gasteiger partial charge in [-0.3, -0.25) is 4.98 Å². The molecule has 0 amide bonds. The lowest BCUT2D eigenvalue weighted by Gasteiger charge is -2.09. The molecule has 8 nitrogen and oxygen atoms in total. The number of anilines is 1. The number of nitrogens with zero attached hydrogens (tertiary/aromatic N) is 4. The SMILES string of the molecule is NCCOc1ccc(C2=CC(c3nonc3N)=Nc3cnccc3C2)cc1. The van der Waals surface area contributed by atoms with E-state index in [0.717, 1.165) is 28.1 Å². The molecule has 0 saturated heterocycles. The molecule has 2 aromatic heterocycles. The van der Waals surface area contributed by atoms with Gasteiger partial charge in [0.25, 0.3) is 0 Å². The van der Waals surface area contributed by atoms with Gasteiger partial charge in [0.05, 0.1) is 17.6 Å². The molecule has 1 aliphatic rings. The molecule has 0 atom stereocenters. The first-order chi connectivity index (χ1) is 13.2. The summed E-state index contributed by atoms with van der Waals surface area (Å²) in [6.45, 7) is 0.961. The Balaban J connectivity index is 1.75. The van der Waals surface area contributed by atoms with Crippen molar-refractivity contribution < 1.29 is 9.37 Å². The van der Waals surface area contributed by atoms with Gasteiger partial charge in [0.2, 0.25) is 0 Å². The van der Waals surface area contributed by atoms with Crippen molar-refractivity contribution >= 4 is 22.8 Å². The lowest BCUT2D eigenvalue weighted by Crippen LogP contribution is -2.10. The molecule has 3 aromatic rings. The second-order valence-electron chi connectivity index (χ2n) is 6.01. The summed E-state index contributed by atoms with van der Waals surface area (Å²) >= 11 is 0. The Morgan fingerprint density at radius 1 is 1.11 bits per heavy atom. The Kier molecular flexibility index (Phi) is 4.63. The number of hydrogen-bond acceptors (Lipinski definition) is 8. The average Bonchev–Trinajstić information content (AvgIpc) is 3.03. The maximum absolute atomic E-state index is 5.87. The van der Waals surface area contributed by atoms with Crippen molar-refractivity contribution in [1.29, 1.82) is 0 Å². The minimum Gasteiger partial charge on any atom is -0.492 e. The van der Waals surface area contributed by atoms with Crippen molar-refractivity contribution in [2.45, 2.75) is 6.42 Å². The molecule has 1 aromatic carbocycles. The Morgan fingerprint density at radius 2 is 1.96 bits per heavy atom. The summed E-state index contributed by atoms with van der Waals surface area (Å²) in [4.78, 5) is 8.84. The van der Waals surface area contributed by atoms with Gasteiger partial charge in [-0.15, -0.1) is 0 Å². The van der Waals surface area contributed by atoms with Gasteiger partial charge in [0.15, 0.2) is 11.5 Å². The van der Waals surface area contributed by atoms with Crippen LogP contribution in [-0.4, -0.2) is 34.2 Å². The predicted molar refractivity (Wildman–Crippen MR) is 102 cm³/mol. The van der Waals surface area contributed by atoms with E-state index < -0.39 is 0 Å². The second-order valence-corrected chi connectivity index (χ2v) is 6.01. The summed E-state index contributed by atoms with van der Waals surface area (Å²) in [5.74, 6) is 0.976. The molecule has 4 rings (SSSR count). The van der Waals surface area contributed by atoms with Crippen LogP contribution in [0.5, 0.6) is 5.75 Å². The van der Waals surface area contributed by atoms with Crippen LogP contribution >= 0.6 is 0 Å². The van der Waals surface area contributed by atoms with Gasteiger partial charge in [0, 0.05) is 19.2 Å². The highest BCUT2D eigenvalue weighted by Gasteiger charge is 2.19. The lowest BCUT2D eigenvalue weighted by molar-refractivity contribution is 0.308. The number of fused-ring (bicyclic) bond motifs is 1. The number of benzene rings is 1. The van der Waals surface area contributed by atoms with Gasteiger partial charge in [-0.25, -0.2) is 9.62 Å². The molecule has 0 radical (unpaired) electrons. The van der Waals surface area contributed by atoms with E-state index >= 15 is 0 Å². The number of allylic oxidation sites excluding steroid dienone is 2. The third kappa shape index (κ3) is 3.56. The standard InChI is InChI=1S/C19H18N6O2/c20-6-8-26-15-3-1-12(2-4-15)14-9-13-5-7-22-11-17(13)23-16(10-14)18-19(21)25-27-24-18/h1-5,7,10-11H,6,8-9,20H2,(H2,21,25). The summed E-state index contributed by atoms with van der Waals surface area (Å²) in [6, 6.07) is 9.82. The topological polar surface area (TPSA) is 125 Å². The highest BCUT2D eigenvalue weighted by atomic mass is 16.6. The second kappa shape index (κ2) is 7.38. The van der Waals surface area contributed by atoms with Gasteiger partial charge in [-0.1, -0.05) is 12.1 Å². The number of nitrogen functional groups attached to an aromatic ring is 1. The van der Waals surface area contributed by atoms with Gasteiger partial charge in [0.1, 0.15) is 12.4 Å². The van der Waals surface area contributed by atoms with E-state index in [4.69, 9.17) is 20.8 Å². The fourth-order valence-corrected chi connectivity index (χ4v) is 2.87. The van der Waals surface area contributed by atoms with E-state index in [-0.39, 0.29) is 5.82 Å². The molecule has 8 heteroatoms. The molecule has 0 bridgehead atoms. The number of hydrogen-bond donors (Lipinski definition) is 2. The molecule has 136 valence electrons. The molecule has 4 N–H and O–H groups in total. The molecule has 3 heterocycles. The first-order valence-corrected chi connectivity index (χ1v) is 8.48. The zero-order chi connectivity index (χ0) is 18.6. The predicted octanol–water partition coefficient (Wildman–Crippen LogP) is 2.14. The zero-order valence-corrected chi connectivity index (χ0v) is 14.5. The van der Waals surface area contributed by atoms with Crippen molar-refractivity contribution in [3.63, 3.8) is 0 Å². The molecular formula is C19H18N6O2. The minimum atomic E-state index is 0.197. The van der Waals surface area contributed by atoms with Crippen LogP contribution in [0.3, 0.4) is 0 Å². The maximum Gasteiger partial charge on any atom is 0.198 e. The van der Waals surface area contributed by atoms with Crippen LogP contribution in [0.2, 0.25) is 0 Å². The molecule has 0 spiro atoms. The van der Waals surface area contributed by atoms with E-state index in [2.05, 4.69) is 20.3 Å². The number of rotatable bonds is 5. The molecule has 27 heavy (non-hydrogen) atoms. The fourth-order valence-electron chi connectivity index (χ4n) is 2.87. The van der Waals surface area contributed by atoms with Gasteiger partial charge < -0.3 is 16.2 Å². The maximum atomic E-state index is 5.87. The van der Waals surface area contributed by atoms with Crippen molar-refractivity contribution in [3.05, 3.63) is 65.6 Å². The van der Waals surface area contributed by atoms with Crippen molar-refractivity contribution in [2.75, 3.05) is 18.9 Å². The van der Waals surface area contributed by atoms with E-state index in [0.29, 0.717) is 31.0 Å². The van der Waals surface area contributed by atoms with Crippen LogP contribution in [0.15, 0.2) is 58.4 Å². The van der Waals surface area contributed by atoms with Crippen molar-refractivity contribution in [1.82, 2.24) is 15.3 Å². The van der Waals surface area contributed by atoms with E-state index in [9.17, 15) is 0 Å². The fraction of sp³-hybridized carbons (Fsp3) is 0.158. The van der Waals surface area contributed by atoms with Crippen LogP contribution < -0.4 is 16.2 Å². The third-order valence-corrected chi connectivity index (χ3v) is 4.19. The molecule has 0 saturated carbocycles. The summed E-state index contributed by atoms with van der Waals surface area (Å²) in [5.41, 5.74) is 16.3. The number of pyridine rings is 1. The smallest absolute Gasteiger partial charge is 0.198 e. The third-order valence-electron chi connectivity index (χ3n) is 4.19. The van der Waals surface area contributed by atoms with E-state index in [1.807, 2.05) is 36.4 Å². The molecular weight excluding hydrogens is 344 g/mol. The summed E-state index contributed by atoms with van der Waals surface area (Å²) in [6.07, 6.45) is 6.12. The van der Waals surface area contributed by atoms with Gasteiger partial charge >= 0.3 is 0 Å². The monoisotopic (exact) mass is 362 g/mol. The van der Waals surface area contributed by atoms with Crippen molar-refractivity contribution in [3.8, 4) is 5.75 Å². The van der Waals surface area contributed by atoms with Gasteiger partial charge in [-0.2, -0.15) is 0 Å². The largest absolute Gasteiger partial charge is 0.492 e. The quantitative estimate of drug-likeness (QED) is 0.712. The zero-order valence-electron chi connectivity index (χ0n) is 14.5.